The lowest BCUT2D eigenvalue weighted by Gasteiger charge is -2.08. The molecule has 2 rings (SSSR count). The minimum Gasteiger partial charge on any atom is -0.382 e. The molecule has 0 bridgehead atoms. The summed E-state index contributed by atoms with van der Waals surface area (Å²) in [6.07, 6.45) is 1.52. The van der Waals surface area contributed by atoms with Crippen molar-refractivity contribution in [1.29, 1.82) is 5.26 Å². The summed E-state index contributed by atoms with van der Waals surface area (Å²) in [5.41, 5.74) is 6.24. The fourth-order valence-corrected chi connectivity index (χ4v) is 1.79. The Morgan fingerprint density at radius 2 is 2.24 bits per heavy atom. The van der Waals surface area contributed by atoms with E-state index in [2.05, 4.69) is 10.4 Å². The summed E-state index contributed by atoms with van der Waals surface area (Å²) in [6.45, 7) is 1.18. The predicted molar refractivity (Wildman–Crippen MR) is 76.3 cm³/mol. The first-order valence-electron chi connectivity index (χ1n) is 6.33. The van der Waals surface area contributed by atoms with Crippen molar-refractivity contribution >= 4 is 5.69 Å². The van der Waals surface area contributed by atoms with Crippen LogP contribution in [0.1, 0.15) is 11.1 Å². The van der Waals surface area contributed by atoms with Gasteiger partial charge in [-0.25, -0.2) is 9.07 Å². The van der Waals surface area contributed by atoms with Crippen LogP contribution in [-0.2, 0) is 6.54 Å². The fraction of sp³-hybridized carbons (Fsp3) is 0.214. The molecule has 0 fully saturated rings. The van der Waals surface area contributed by atoms with Gasteiger partial charge in [-0.05, 0) is 17.7 Å². The summed E-state index contributed by atoms with van der Waals surface area (Å²) >= 11 is 0. The molecule has 0 amide bonds. The molecule has 0 aliphatic rings. The van der Waals surface area contributed by atoms with Crippen LogP contribution >= 0.6 is 0 Å². The standard InChI is InChI=1S/C14H14FN5O/c15-13-2-1-10(5-11(13)7-17)9-20-14(21)6-12(8-19-20)18-4-3-16/h1-2,5-6,8,18H,3-4,9,16H2. The summed E-state index contributed by atoms with van der Waals surface area (Å²) < 4.78 is 14.5. The summed E-state index contributed by atoms with van der Waals surface area (Å²) in [4.78, 5) is 11.9. The lowest BCUT2D eigenvalue weighted by Crippen LogP contribution is -2.24. The number of anilines is 1. The predicted octanol–water partition coefficient (Wildman–Crippen LogP) is 0.673. The van der Waals surface area contributed by atoms with E-state index in [1.165, 1.54) is 35.1 Å². The molecule has 1 aromatic carbocycles. The molecule has 0 saturated carbocycles. The number of nitrogens with one attached hydrogen (secondary N) is 1. The monoisotopic (exact) mass is 287 g/mol. The van der Waals surface area contributed by atoms with E-state index in [0.29, 0.717) is 24.3 Å². The number of hydrogen-bond acceptors (Lipinski definition) is 5. The Kier molecular flexibility index (Phi) is 4.64. The minimum atomic E-state index is -0.581. The van der Waals surface area contributed by atoms with Crippen molar-refractivity contribution in [2.75, 3.05) is 18.4 Å². The summed E-state index contributed by atoms with van der Waals surface area (Å²) in [6, 6.07) is 7.31. The van der Waals surface area contributed by atoms with Crippen molar-refractivity contribution in [3.05, 3.63) is 57.8 Å². The quantitative estimate of drug-likeness (QED) is 0.842. The topological polar surface area (TPSA) is 96.7 Å². The number of rotatable bonds is 5. The lowest BCUT2D eigenvalue weighted by molar-refractivity contribution is 0.615. The van der Waals surface area contributed by atoms with Gasteiger partial charge in [0.2, 0.25) is 0 Å². The normalized spacial score (nSPS) is 10.1. The Morgan fingerprint density at radius 3 is 2.90 bits per heavy atom. The average Bonchev–Trinajstić information content (AvgIpc) is 2.49. The number of halogens is 1. The lowest BCUT2D eigenvalue weighted by atomic mass is 10.1. The summed E-state index contributed by atoms with van der Waals surface area (Å²) in [7, 11) is 0. The number of benzene rings is 1. The van der Waals surface area contributed by atoms with E-state index in [9.17, 15) is 9.18 Å². The van der Waals surface area contributed by atoms with Gasteiger partial charge in [0.1, 0.15) is 11.9 Å². The molecular weight excluding hydrogens is 273 g/mol. The molecule has 0 radical (unpaired) electrons. The Balaban J connectivity index is 2.20. The molecule has 7 heteroatoms. The van der Waals surface area contributed by atoms with Crippen LogP contribution in [0.25, 0.3) is 0 Å². The molecule has 0 aliphatic heterocycles. The van der Waals surface area contributed by atoms with E-state index in [4.69, 9.17) is 11.0 Å². The molecule has 21 heavy (non-hydrogen) atoms. The van der Waals surface area contributed by atoms with Gasteiger partial charge in [-0.1, -0.05) is 6.07 Å². The smallest absolute Gasteiger partial charge is 0.269 e. The molecule has 0 spiro atoms. The van der Waals surface area contributed by atoms with Crippen LogP contribution in [-0.4, -0.2) is 22.9 Å². The number of hydrogen-bond donors (Lipinski definition) is 2. The zero-order valence-electron chi connectivity index (χ0n) is 11.2. The maximum atomic E-state index is 13.2. The van der Waals surface area contributed by atoms with Crippen LogP contribution in [0.4, 0.5) is 10.1 Å². The Morgan fingerprint density at radius 1 is 1.43 bits per heavy atom. The number of aromatic nitrogens is 2. The second-order valence-electron chi connectivity index (χ2n) is 4.38. The van der Waals surface area contributed by atoms with E-state index in [1.54, 1.807) is 6.07 Å². The number of nitrogens with two attached hydrogens (primary N) is 1. The van der Waals surface area contributed by atoms with E-state index < -0.39 is 5.82 Å². The van der Waals surface area contributed by atoms with E-state index >= 15 is 0 Å². The molecule has 1 heterocycles. The Bertz CT molecular complexity index is 735. The first-order chi connectivity index (χ1) is 10.1. The molecule has 108 valence electrons. The Labute approximate surface area is 120 Å². The van der Waals surface area contributed by atoms with Crippen molar-refractivity contribution in [2.45, 2.75) is 6.54 Å². The first kappa shape index (κ1) is 14.7. The Hall–Kier alpha value is -2.72. The van der Waals surface area contributed by atoms with Crippen molar-refractivity contribution in [1.82, 2.24) is 9.78 Å². The highest BCUT2D eigenvalue weighted by atomic mass is 19.1. The van der Waals surface area contributed by atoms with Crippen molar-refractivity contribution in [2.24, 2.45) is 5.73 Å². The van der Waals surface area contributed by atoms with Gasteiger partial charge in [0.25, 0.3) is 5.56 Å². The molecular formula is C14H14FN5O. The second kappa shape index (κ2) is 6.63. The molecule has 0 saturated heterocycles. The fourth-order valence-electron chi connectivity index (χ4n) is 1.79. The van der Waals surface area contributed by atoms with Gasteiger partial charge in [-0.3, -0.25) is 4.79 Å². The molecule has 2 aromatic rings. The maximum Gasteiger partial charge on any atom is 0.269 e. The van der Waals surface area contributed by atoms with E-state index in [-0.39, 0.29) is 17.7 Å². The SMILES string of the molecule is N#Cc1cc(Cn2ncc(NCCN)cc2=O)ccc1F. The molecule has 0 unspecified atom stereocenters. The highest BCUT2D eigenvalue weighted by Gasteiger charge is 2.05. The summed E-state index contributed by atoms with van der Waals surface area (Å²) in [5.74, 6) is -0.581. The zero-order valence-corrected chi connectivity index (χ0v) is 11.2. The van der Waals surface area contributed by atoms with Gasteiger partial charge in [-0.15, -0.1) is 0 Å². The average molecular weight is 287 g/mol. The third-order valence-corrected chi connectivity index (χ3v) is 2.83. The van der Waals surface area contributed by atoms with Crippen LogP contribution < -0.4 is 16.6 Å². The van der Waals surface area contributed by atoms with Gasteiger partial charge in [-0.2, -0.15) is 10.4 Å². The minimum absolute atomic E-state index is 0.0539. The number of nitrogens with zero attached hydrogens (tertiary/aromatic N) is 3. The number of nitriles is 1. The highest BCUT2D eigenvalue weighted by molar-refractivity contribution is 5.39. The van der Waals surface area contributed by atoms with Gasteiger partial charge < -0.3 is 11.1 Å². The van der Waals surface area contributed by atoms with Crippen LogP contribution in [0.2, 0.25) is 0 Å². The van der Waals surface area contributed by atoms with Crippen molar-refractivity contribution in [3.63, 3.8) is 0 Å². The van der Waals surface area contributed by atoms with Crippen molar-refractivity contribution in [3.8, 4) is 6.07 Å². The van der Waals surface area contributed by atoms with Gasteiger partial charge in [0.15, 0.2) is 0 Å². The van der Waals surface area contributed by atoms with Crippen LogP contribution in [0, 0.1) is 17.1 Å². The van der Waals surface area contributed by atoms with Crippen molar-refractivity contribution < 1.29 is 4.39 Å². The van der Waals surface area contributed by atoms with Gasteiger partial charge in [0, 0.05) is 19.2 Å². The molecule has 6 nitrogen and oxygen atoms in total. The summed E-state index contributed by atoms with van der Waals surface area (Å²) in [5, 5.41) is 15.8. The third-order valence-electron chi connectivity index (χ3n) is 2.83. The van der Waals surface area contributed by atoms with Crippen LogP contribution in [0.15, 0.2) is 35.3 Å². The van der Waals surface area contributed by atoms with Crippen LogP contribution in [0.5, 0.6) is 0 Å². The maximum absolute atomic E-state index is 13.2. The van der Waals surface area contributed by atoms with Gasteiger partial charge >= 0.3 is 0 Å². The third kappa shape index (κ3) is 3.64. The molecule has 0 aliphatic carbocycles. The van der Waals surface area contributed by atoms with Crippen LogP contribution in [0.3, 0.4) is 0 Å². The molecule has 0 atom stereocenters. The van der Waals surface area contributed by atoms with E-state index in [1.807, 2.05) is 0 Å². The first-order valence-corrected chi connectivity index (χ1v) is 6.33. The molecule has 3 N–H and O–H groups in total. The largest absolute Gasteiger partial charge is 0.382 e. The molecule has 1 aromatic heterocycles. The highest BCUT2D eigenvalue weighted by Crippen LogP contribution is 2.10. The van der Waals surface area contributed by atoms with E-state index in [0.717, 1.165) is 0 Å². The zero-order chi connectivity index (χ0) is 15.2. The van der Waals surface area contributed by atoms with Gasteiger partial charge in [0.05, 0.1) is 24.0 Å². The second-order valence-corrected chi connectivity index (χ2v) is 4.38.